The van der Waals surface area contributed by atoms with E-state index in [0.717, 1.165) is 20.7 Å². The lowest BCUT2D eigenvalue weighted by Crippen LogP contribution is -1.83. The van der Waals surface area contributed by atoms with Crippen LogP contribution in [0.3, 0.4) is 0 Å². The number of rotatable bonds is 2. The SMILES string of the molecule is Clc1c(Br)cccc1-c1n[nH]c(-c2cccs2)n1. The van der Waals surface area contributed by atoms with Crippen LogP contribution in [0.15, 0.2) is 40.2 Å². The highest BCUT2D eigenvalue weighted by molar-refractivity contribution is 9.10. The summed E-state index contributed by atoms with van der Waals surface area (Å²) in [5.74, 6) is 1.36. The van der Waals surface area contributed by atoms with E-state index in [4.69, 9.17) is 11.6 Å². The summed E-state index contributed by atoms with van der Waals surface area (Å²) in [6.07, 6.45) is 0. The van der Waals surface area contributed by atoms with E-state index in [1.165, 1.54) is 0 Å². The lowest BCUT2D eigenvalue weighted by atomic mass is 10.2. The molecule has 0 spiro atoms. The molecule has 0 atom stereocenters. The van der Waals surface area contributed by atoms with Gasteiger partial charge in [0.05, 0.1) is 9.90 Å². The van der Waals surface area contributed by atoms with Crippen molar-refractivity contribution >= 4 is 38.9 Å². The zero-order valence-corrected chi connectivity index (χ0v) is 12.2. The topological polar surface area (TPSA) is 41.6 Å². The number of H-pyrrole nitrogens is 1. The zero-order valence-electron chi connectivity index (χ0n) is 9.02. The zero-order chi connectivity index (χ0) is 12.5. The highest BCUT2D eigenvalue weighted by atomic mass is 79.9. The minimum absolute atomic E-state index is 0.602. The van der Waals surface area contributed by atoms with Crippen LogP contribution in [0.1, 0.15) is 0 Å². The van der Waals surface area contributed by atoms with Crippen molar-refractivity contribution in [2.45, 2.75) is 0 Å². The summed E-state index contributed by atoms with van der Waals surface area (Å²) in [4.78, 5) is 5.52. The minimum atomic E-state index is 0.602. The molecule has 0 radical (unpaired) electrons. The van der Waals surface area contributed by atoms with Crippen LogP contribution < -0.4 is 0 Å². The summed E-state index contributed by atoms with van der Waals surface area (Å²) in [7, 11) is 0. The molecule has 1 N–H and O–H groups in total. The summed E-state index contributed by atoms with van der Waals surface area (Å²) in [5, 5.41) is 9.76. The van der Waals surface area contributed by atoms with E-state index in [1.54, 1.807) is 11.3 Å². The van der Waals surface area contributed by atoms with Gasteiger partial charge in [-0.2, -0.15) is 5.10 Å². The fourth-order valence-electron chi connectivity index (χ4n) is 1.58. The lowest BCUT2D eigenvalue weighted by molar-refractivity contribution is 1.10. The molecule has 3 nitrogen and oxygen atoms in total. The fraction of sp³-hybridized carbons (Fsp3) is 0. The summed E-state index contributed by atoms with van der Waals surface area (Å²) in [6, 6.07) is 9.67. The van der Waals surface area contributed by atoms with E-state index in [0.29, 0.717) is 10.8 Å². The maximum Gasteiger partial charge on any atom is 0.183 e. The number of nitrogens with zero attached hydrogens (tertiary/aromatic N) is 2. The van der Waals surface area contributed by atoms with Gasteiger partial charge in [0.15, 0.2) is 11.6 Å². The Morgan fingerprint density at radius 3 is 2.89 bits per heavy atom. The van der Waals surface area contributed by atoms with Crippen LogP contribution in [0.4, 0.5) is 0 Å². The van der Waals surface area contributed by atoms with E-state index in [-0.39, 0.29) is 0 Å². The first kappa shape index (κ1) is 11.9. The molecular weight excluding hydrogens is 334 g/mol. The number of hydrogen-bond donors (Lipinski definition) is 1. The highest BCUT2D eigenvalue weighted by Crippen LogP contribution is 2.32. The molecule has 0 saturated carbocycles. The Balaban J connectivity index is 2.06. The van der Waals surface area contributed by atoms with Gasteiger partial charge in [-0.3, -0.25) is 5.10 Å². The number of thiophene rings is 1. The first-order chi connectivity index (χ1) is 8.75. The maximum absolute atomic E-state index is 6.22. The molecule has 0 fully saturated rings. The number of hydrogen-bond acceptors (Lipinski definition) is 3. The second-order valence-corrected chi connectivity index (χ2v) is 5.77. The largest absolute Gasteiger partial charge is 0.258 e. The number of halogens is 2. The maximum atomic E-state index is 6.22. The van der Waals surface area contributed by atoms with E-state index in [1.807, 2.05) is 35.7 Å². The molecule has 0 saturated heterocycles. The van der Waals surface area contributed by atoms with Gasteiger partial charge in [-0.25, -0.2) is 4.98 Å². The van der Waals surface area contributed by atoms with Crippen LogP contribution in [0.5, 0.6) is 0 Å². The van der Waals surface area contributed by atoms with Gasteiger partial charge in [0.25, 0.3) is 0 Å². The molecule has 2 aromatic heterocycles. The predicted octanol–water partition coefficient (Wildman–Crippen LogP) is 4.62. The second-order valence-electron chi connectivity index (χ2n) is 3.59. The Kier molecular flexibility index (Phi) is 3.20. The molecule has 3 aromatic rings. The monoisotopic (exact) mass is 339 g/mol. The molecule has 90 valence electrons. The standard InChI is InChI=1S/C12H7BrClN3S/c13-8-4-1-3-7(10(8)14)11-15-12(17-16-11)9-5-2-6-18-9/h1-6H,(H,15,16,17). The third-order valence-corrected chi connectivity index (χ3v) is 4.61. The Bertz CT molecular complexity index is 678. The molecule has 2 heterocycles. The Morgan fingerprint density at radius 2 is 2.11 bits per heavy atom. The first-order valence-corrected chi connectivity index (χ1v) is 7.21. The number of aromatic amines is 1. The van der Waals surface area contributed by atoms with Crippen molar-refractivity contribution in [3.8, 4) is 22.1 Å². The van der Waals surface area contributed by atoms with Crippen molar-refractivity contribution in [3.63, 3.8) is 0 Å². The van der Waals surface area contributed by atoms with Crippen molar-refractivity contribution < 1.29 is 0 Å². The van der Waals surface area contributed by atoms with Gasteiger partial charge in [0.2, 0.25) is 0 Å². The molecule has 3 rings (SSSR count). The number of benzene rings is 1. The third kappa shape index (κ3) is 2.09. The molecular formula is C12H7BrClN3S. The number of nitrogens with one attached hydrogen (secondary N) is 1. The minimum Gasteiger partial charge on any atom is -0.258 e. The molecule has 0 aliphatic rings. The van der Waals surface area contributed by atoms with Gasteiger partial charge in [-0.15, -0.1) is 11.3 Å². The summed E-state index contributed by atoms with van der Waals surface area (Å²) >= 11 is 11.2. The third-order valence-electron chi connectivity index (χ3n) is 2.43. The molecule has 0 amide bonds. The van der Waals surface area contributed by atoms with Gasteiger partial charge in [0.1, 0.15) is 0 Å². The van der Waals surface area contributed by atoms with E-state index >= 15 is 0 Å². The Morgan fingerprint density at radius 1 is 1.22 bits per heavy atom. The fourth-order valence-corrected chi connectivity index (χ4v) is 2.82. The normalized spacial score (nSPS) is 10.8. The molecule has 6 heteroatoms. The smallest absolute Gasteiger partial charge is 0.183 e. The van der Waals surface area contributed by atoms with Crippen LogP contribution in [0.25, 0.3) is 22.1 Å². The molecule has 0 bridgehead atoms. The van der Waals surface area contributed by atoms with Gasteiger partial charge in [-0.05, 0) is 39.5 Å². The predicted molar refractivity (Wildman–Crippen MR) is 77.8 cm³/mol. The average Bonchev–Trinajstić information content (AvgIpc) is 3.01. The molecule has 1 aromatic carbocycles. The molecule has 0 aliphatic heterocycles. The van der Waals surface area contributed by atoms with Crippen molar-refractivity contribution in [2.75, 3.05) is 0 Å². The Hall–Kier alpha value is -1.17. The summed E-state index contributed by atoms with van der Waals surface area (Å²) < 4.78 is 0.837. The average molecular weight is 341 g/mol. The quantitative estimate of drug-likeness (QED) is 0.740. The summed E-state index contributed by atoms with van der Waals surface area (Å²) in [5.41, 5.74) is 0.810. The van der Waals surface area contributed by atoms with Gasteiger partial charge in [-0.1, -0.05) is 23.7 Å². The highest BCUT2D eigenvalue weighted by Gasteiger charge is 2.12. The lowest BCUT2D eigenvalue weighted by Gasteiger charge is -2.00. The van der Waals surface area contributed by atoms with Crippen LogP contribution in [-0.2, 0) is 0 Å². The van der Waals surface area contributed by atoms with Crippen LogP contribution in [-0.4, -0.2) is 15.2 Å². The van der Waals surface area contributed by atoms with Crippen molar-refractivity contribution in [3.05, 3.63) is 45.2 Å². The van der Waals surface area contributed by atoms with E-state index in [9.17, 15) is 0 Å². The molecule has 18 heavy (non-hydrogen) atoms. The first-order valence-electron chi connectivity index (χ1n) is 5.16. The van der Waals surface area contributed by atoms with E-state index in [2.05, 4.69) is 31.1 Å². The molecule has 0 aliphatic carbocycles. The summed E-state index contributed by atoms with van der Waals surface area (Å²) in [6.45, 7) is 0. The molecule has 0 unspecified atom stereocenters. The Labute approximate surface area is 121 Å². The number of aromatic nitrogens is 3. The van der Waals surface area contributed by atoms with E-state index < -0.39 is 0 Å². The van der Waals surface area contributed by atoms with Crippen molar-refractivity contribution in [1.82, 2.24) is 15.2 Å². The van der Waals surface area contributed by atoms with Crippen LogP contribution in [0.2, 0.25) is 5.02 Å². The van der Waals surface area contributed by atoms with Gasteiger partial charge >= 0.3 is 0 Å². The van der Waals surface area contributed by atoms with Crippen LogP contribution >= 0.6 is 38.9 Å². The second kappa shape index (κ2) is 4.84. The van der Waals surface area contributed by atoms with Gasteiger partial charge < -0.3 is 0 Å². The van der Waals surface area contributed by atoms with Gasteiger partial charge in [0, 0.05) is 10.0 Å². The van der Waals surface area contributed by atoms with Crippen LogP contribution in [0, 0.1) is 0 Å². The van der Waals surface area contributed by atoms with Crippen molar-refractivity contribution in [1.29, 1.82) is 0 Å². The van der Waals surface area contributed by atoms with Crippen molar-refractivity contribution in [2.24, 2.45) is 0 Å².